The Kier molecular flexibility index (Phi) is 10.2. The molecule has 1 aromatic rings. The van der Waals surface area contributed by atoms with Gasteiger partial charge in [0.2, 0.25) is 0 Å². The SMILES string of the molecule is Cc1ccc(S(=O)(=O)O)c(CCCF)c1OCC(F)(F)OC(F)(F)C(F)(F)OC(F)(F)C(F)(F)C(F)(F)C(F)(F)F. The Labute approximate surface area is 217 Å². The van der Waals surface area contributed by atoms with Gasteiger partial charge in [-0.1, -0.05) is 6.07 Å². The predicted molar refractivity (Wildman–Crippen MR) is 98.7 cm³/mol. The molecule has 0 fully saturated rings. The van der Waals surface area contributed by atoms with Crippen molar-refractivity contribution >= 4 is 10.1 Å². The van der Waals surface area contributed by atoms with Gasteiger partial charge in [-0.05, 0) is 31.4 Å². The van der Waals surface area contributed by atoms with Crippen LogP contribution in [0.1, 0.15) is 17.5 Å². The highest BCUT2D eigenvalue weighted by Gasteiger charge is 2.85. The van der Waals surface area contributed by atoms with Crippen LogP contribution >= 0.6 is 0 Å². The van der Waals surface area contributed by atoms with E-state index in [0.717, 1.165) is 13.0 Å². The maximum absolute atomic E-state index is 13.9. The van der Waals surface area contributed by atoms with E-state index in [1.165, 1.54) is 4.74 Å². The van der Waals surface area contributed by atoms with Gasteiger partial charge in [-0.25, -0.2) is 9.47 Å². The van der Waals surface area contributed by atoms with Gasteiger partial charge < -0.3 is 4.74 Å². The third-order valence-corrected chi connectivity index (χ3v) is 5.56. The van der Waals surface area contributed by atoms with E-state index < -0.39 is 94.9 Å². The van der Waals surface area contributed by atoms with Crippen molar-refractivity contribution in [2.24, 2.45) is 0 Å². The van der Waals surface area contributed by atoms with E-state index in [1.807, 2.05) is 0 Å². The van der Waals surface area contributed by atoms with Crippen molar-refractivity contribution in [3.8, 4) is 5.75 Å². The van der Waals surface area contributed by atoms with Gasteiger partial charge in [-0.15, -0.1) is 0 Å². The lowest BCUT2D eigenvalue weighted by Gasteiger charge is -2.36. The Hall–Kier alpha value is -2.27. The Morgan fingerprint density at radius 1 is 0.756 bits per heavy atom. The molecule has 0 bridgehead atoms. The highest BCUT2D eigenvalue weighted by molar-refractivity contribution is 7.85. The topological polar surface area (TPSA) is 82.1 Å². The van der Waals surface area contributed by atoms with Crippen LogP contribution in [0.5, 0.6) is 5.75 Å². The molecule has 0 aromatic heterocycles. The van der Waals surface area contributed by atoms with Gasteiger partial charge in [-0.3, -0.25) is 8.94 Å². The van der Waals surface area contributed by atoms with E-state index >= 15 is 0 Å². The maximum Gasteiger partial charge on any atom is 0.460 e. The summed E-state index contributed by atoms with van der Waals surface area (Å²) in [6.45, 7) is -2.84. The van der Waals surface area contributed by atoms with Gasteiger partial charge in [-0.2, -0.15) is 74.3 Å². The summed E-state index contributed by atoms with van der Waals surface area (Å²) in [5.74, 6) is -16.9. The second-order valence-corrected chi connectivity index (χ2v) is 9.17. The van der Waals surface area contributed by atoms with E-state index in [9.17, 15) is 83.2 Å². The molecule has 0 saturated heterocycles. The quantitative estimate of drug-likeness (QED) is 0.175. The van der Waals surface area contributed by atoms with Crippen LogP contribution in [0.2, 0.25) is 0 Å². The first-order valence-corrected chi connectivity index (χ1v) is 11.4. The zero-order chi connectivity index (χ0) is 32.7. The molecule has 0 radical (unpaired) electrons. The van der Waals surface area contributed by atoms with Crippen LogP contribution in [0.3, 0.4) is 0 Å². The molecule has 0 aliphatic carbocycles. The van der Waals surface area contributed by atoms with Crippen molar-refractivity contribution < 1.29 is 97.4 Å². The summed E-state index contributed by atoms with van der Waals surface area (Å²) < 4.78 is 249. The minimum atomic E-state index is -8.00. The Balaban J connectivity index is 3.30. The number of ether oxygens (including phenoxy) is 3. The number of hydrogen-bond acceptors (Lipinski definition) is 5. The number of benzene rings is 1. The molecule has 1 aromatic carbocycles. The average molecular weight is 662 g/mol. The van der Waals surface area contributed by atoms with Crippen LogP contribution in [0.15, 0.2) is 17.0 Å². The van der Waals surface area contributed by atoms with Crippen LogP contribution < -0.4 is 4.74 Å². The minimum Gasteiger partial charge on any atom is -0.484 e. The van der Waals surface area contributed by atoms with Crippen molar-refractivity contribution in [3.05, 3.63) is 23.3 Å². The largest absolute Gasteiger partial charge is 0.484 e. The predicted octanol–water partition coefficient (Wildman–Crippen LogP) is 6.76. The summed E-state index contributed by atoms with van der Waals surface area (Å²) in [7, 11) is -5.17. The lowest BCUT2D eigenvalue weighted by Crippen LogP contribution is -2.64. The summed E-state index contributed by atoms with van der Waals surface area (Å²) in [6.07, 6.45) is -37.1. The molecule has 6 nitrogen and oxygen atoms in total. The fraction of sp³-hybridized carbons (Fsp3) is 0.667. The fourth-order valence-electron chi connectivity index (χ4n) is 2.73. The van der Waals surface area contributed by atoms with E-state index in [0.29, 0.717) is 6.07 Å². The molecule has 23 heteroatoms. The first kappa shape index (κ1) is 36.8. The van der Waals surface area contributed by atoms with Gasteiger partial charge in [0.25, 0.3) is 10.1 Å². The Bertz CT molecular complexity index is 1180. The van der Waals surface area contributed by atoms with Gasteiger partial charge in [0.1, 0.15) is 10.6 Å². The van der Waals surface area contributed by atoms with Gasteiger partial charge in [0.15, 0.2) is 6.61 Å². The van der Waals surface area contributed by atoms with Crippen LogP contribution in [0.25, 0.3) is 0 Å². The second-order valence-electron chi connectivity index (χ2n) is 7.78. The maximum atomic E-state index is 13.9. The highest BCUT2D eigenvalue weighted by atomic mass is 32.2. The van der Waals surface area contributed by atoms with Gasteiger partial charge >= 0.3 is 42.5 Å². The van der Waals surface area contributed by atoms with Crippen molar-refractivity contribution in [3.63, 3.8) is 0 Å². The molecule has 0 heterocycles. The lowest BCUT2D eigenvalue weighted by molar-refractivity contribution is -0.542. The molecule has 240 valence electrons. The zero-order valence-corrected chi connectivity index (χ0v) is 20.2. The zero-order valence-electron chi connectivity index (χ0n) is 19.4. The third-order valence-electron chi connectivity index (χ3n) is 4.63. The van der Waals surface area contributed by atoms with E-state index in [-0.39, 0.29) is 5.56 Å². The van der Waals surface area contributed by atoms with Crippen LogP contribution in [0, 0.1) is 6.92 Å². The number of rotatable bonds is 14. The molecular formula is C18H14F16O6S. The summed E-state index contributed by atoms with van der Waals surface area (Å²) in [5.41, 5.74) is -1.07. The Morgan fingerprint density at radius 3 is 1.68 bits per heavy atom. The molecule has 41 heavy (non-hydrogen) atoms. The average Bonchev–Trinajstić information content (AvgIpc) is 2.73. The molecule has 0 aliphatic rings. The van der Waals surface area contributed by atoms with Crippen molar-refractivity contribution in [1.29, 1.82) is 0 Å². The number of hydrogen-bond donors (Lipinski definition) is 1. The summed E-state index contributed by atoms with van der Waals surface area (Å²) in [5, 5.41) is 0. The molecule has 0 unspecified atom stereocenters. The number of aryl methyl sites for hydroxylation is 1. The molecule has 1 N–H and O–H groups in total. The van der Waals surface area contributed by atoms with Gasteiger partial charge in [0.05, 0.1) is 6.67 Å². The second kappa shape index (κ2) is 11.4. The van der Waals surface area contributed by atoms with Crippen LogP contribution in [-0.4, -0.2) is 68.7 Å². The molecule has 0 aliphatic heterocycles. The van der Waals surface area contributed by atoms with E-state index in [1.54, 1.807) is 0 Å². The van der Waals surface area contributed by atoms with E-state index in [4.69, 9.17) is 0 Å². The third kappa shape index (κ3) is 7.77. The summed E-state index contributed by atoms with van der Waals surface area (Å²) in [4.78, 5) is -1.07. The normalized spacial score (nSPS) is 14.9. The molecular weight excluding hydrogens is 648 g/mol. The number of halogens is 16. The van der Waals surface area contributed by atoms with Crippen molar-refractivity contribution in [1.82, 2.24) is 0 Å². The van der Waals surface area contributed by atoms with Crippen molar-refractivity contribution in [2.45, 2.75) is 67.1 Å². The van der Waals surface area contributed by atoms with Crippen molar-refractivity contribution in [2.75, 3.05) is 13.3 Å². The van der Waals surface area contributed by atoms with Crippen LogP contribution in [0.4, 0.5) is 70.2 Å². The van der Waals surface area contributed by atoms with Crippen LogP contribution in [-0.2, 0) is 26.0 Å². The molecule has 0 amide bonds. The molecule has 0 saturated carbocycles. The Morgan fingerprint density at radius 2 is 1.24 bits per heavy atom. The summed E-state index contributed by atoms with van der Waals surface area (Å²) in [6, 6.07) is 1.44. The monoisotopic (exact) mass is 662 g/mol. The van der Waals surface area contributed by atoms with Gasteiger partial charge in [0, 0.05) is 5.56 Å². The lowest BCUT2D eigenvalue weighted by atomic mass is 10.1. The number of alkyl halides is 16. The standard InChI is InChI=1S/C18H14F16O6S/c1-8-4-5-10(41(35,36)37)9(3-2-6-19)11(8)38-7-12(20,21)39-17(31,32)18(33,34)40-16(29,30)14(24,25)13(22,23)15(26,27)28/h4-5H,2-3,6-7H2,1H3,(H,35,36,37). The first-order valence-electron chi connectivity index (χ1n) is 10.00. The fourth-order valence-corrected chi connectivity index (χ4v) is 3.47. The molecule has 0 spiro atoms. The summed E-state index contributed by atoms with van der Waals surface area (Å²) >= 11 is 0. The minimum absolute atomic E-state index is 0.324. The highest BCUT2D eigenvalue weighted by Crippen LogP contribution is 2.56. The molecule has 1 rings (SSSR count). The first-order chi connectivity index (χ1) is 18.0. The smallest absolute Gasteiger partial charge is 0.460 e. The van der Waals surface area contributed by atoms with E-state index in [2.05, 4.69) is 9.47 Å². The molecule has 0 atom stereocenters.